The fourth-order valence-electron chi connectivity index (χ4n) is 3.97. The molecule has 2 bridgehead atoms. The van der Waals surface area contributed by atoms with Gasteiger partial charge in [-0.1, -0.05) is 38.2 Å². The van der Waals surface area contributed by atoms with Gasteiger partial charge in [-0.2, -0.15) is 0 Å². The van der Waals surface area contributed by atoms with Gasteiger partial charge in [-0.3, -0.25) is 9.00 Å². The standard InChI is InChI=1S/C19H32O2S/c1-2-3-4-5-6-7-8-9-10-11-19(20)16-14-17-12-13-18(15-16)22(17)21/h2,16-18H,1,3-15H2. The average molecular weight is 325 g/mol. The molecule has 0 amide bonds. The summed E-state index contributed by atoms with van der Waals surface area (Å²) >= 11 is 0. The molecule has 2 rings (SSSR count). The first-order valence-corrected chi connectivity index (χ1v) is 10.5. The van der Waals surface area contributed by atoms with Gasteiger partial charge in [0.05, 0.1) is 0 Å². The van der Waals surface area contributed by atoms with E-state index in [2.05, 4.69) is 6.58 Å². The molecule has 2 saturated heterocycles. The van der Waals surface area contributed by atoms with Gasteiger partial charge in [0, 0.05) is 33.6 Å². The fraction of sp³-hybridized carbons (Fsp3) is 0.842. The van der Waals surface area contributed by atoms with Gasteiger partial charge in [0.15, 0.2) is 0 Å². The Morgan fingerprint density at radius 3 is 2.09 bits per heavy atom. The maximum atomic E-state index is 12.3. The van der Waals surface area contributed by atoms with Crippen LogP contribution < -0.4 is 0 Å². The Balaban J connectivity index is 1.50. The highest BCUT2D eigenvalue weighted by atomic mass is 32.2. The van der Waals surface area contributed by atoms with Crippen LogP contribution in [0.25, 0.3) is 0 Å². The van der Waals surface area contributed by atoms with Crippen LogP contribution >= 0.6 is 0 Å². The summed E-state index contributed by atoms with van der Waals surface area (Å²) in [6.45, 7) is 3.74. The first-order valence-electron chi connectivity index (χ1n) is 9.25. The number of hydrogen-bond donors (Lipinski definition) is 0. The zero-order valence-corrected chi connectivity index (χ0v) is 14.8. The lowest BCUT2D eigenvalue weighted by molar-refractivity contribution is -0.123. The van der Waals surface area contributed by atoms with Crippen LogP contribution in [0.1, 0.15) is 83.5 Å². The average Bonchev–Trinajstić information content (AvgIpc) is 2.75. The number of ketones is 1. The van der Waals surface area contributed by atoms with E-state index in [1.54, 1.807) is 0 Å². The highest BCUT2D eigenvalue weighted by Gasteiger charge is 2.42. The predicted octanol–water partition coefficient (Wildman–Crippen LogP) is 4.94. The molecule has 0 aromatic carbocycles. The monoisotopic (exact) mass is 324 g/mol. The minimum atomic E-state index is -0.628. The molecule has 0 saturated carbocycles. The predicted molar refractivity (Wildman–Crippen MR) is 94.4 cm³/mol. The number of allylic oxidation sites excluding steroid dienone is 1. The Hall–Kier alpha value is -0.440. The van der Waals surface area contributed by atoms with Crippen LogP contribution in [-0.4, -0.2) is 20.5 Å². The molecule has 126 valence electrons. The number of fused-ring (bicyclic) bond motifs is 2. The summed E-state index contributed by atoms with van der Waals surface area (Å²) in [4.78, 5) is 12.3. The van der Waals surface area contributed by atoms with Gasteiger partial charge in [-0.05, 0) is 44.9 Å². The summed E-state index contributed by atoms with van der Waals surface area (Å²) in [6.07, 6.45) is 16.6. The number of rotatable bonds is 11. The Labute approximate surface area is 138 Å². The van der Waals surface area contributed by atoms with Crippen molar-refractivity contribution in [2.75, 3.05) is 0 Å². The molecule has 2 atom stereocenters. The molecule has 0 N–H and O–H groups in total. The normalized spacial score (nSPS) is 30.4. The molecule has 2 aliphatic heterocycles. The number of Topliss-reactive ketones (excluding diaryl/α,β-unsaturated/α-hetero) is 1. The van der Waals surface area contributed by atoms with Crippen molar-refractivity contribution in [1.29, 1.82) is 0 Å². The van der Waals surface area contributed by atoms with Gasteiger partial charge in [0.2, 0.25) is 0 Å². The quantitative estimate of drug-likeness (QED) is 0.398. The second-order valence-electron chi connectivity index (χ2n) is 7.09. The van der Waals surface area contributed by atoms with Gasteiger partial charge in [0.25, 0.3) is 0 Å². The largest absolute Gasteiger partial charge is 0.299 e. The minimum absolute atomic E-state index is 0.231. The van der Waals surface area contributed by atoms with Crippen molar-refractivity contribution in [2.45, 2.75) is 94.0 Å². The van der Waals surface area contributed by atoms with E-state index in [1.807, 2.05) is 6.08 Å². The molecule has 2 fully saturated rings. The molecule has 0 aromatic rings. The van der Waals surface area contributed by atoms with Crippen molar-refractivity contribution in [3.63, 3.8) is 0 Å². The van der Waals surface area contributed by atoms with Crippen LogP contribution in [0.4, 0.5) is 0 Å². The van der Waals surface area contributed by atoms with Gasteiger partial charge in [0.1, 0.15) is 5.78 Å². The van der Waals surface area contributed by atoms with E-state index >= 15 is 0 Å². The van der Waals surface area contributed by atoms with Crippen molar-refractivity contribution in [3.05, 3.63) is 12.7 Å². The van der Waals surface area contributed by atoms with E-state index in [9.17, 15) is 9.00 Å². The summed E-state index contributed by atoms with van der Waals surface area (Å²) in [5.74, 6) is 0.689. The Kier molecular flexibility index (Phi) is 7.85. The second-order valence-corrected chi connectivity index (χ2v) is 9.08. The van der Waals surface area contributed by atoms with Gasteiger partial charge in [-0.15, -0.1) is 6.58 Å². The van der Waals surface area contributed by atoms with Crippen LogP contribution in [0.3, 0.4) is 0 Å². The third-order valence-electron chi connectivity index (χ3n) is 5.35. The topological polar surface area (TPSA) is 34.1 Å². The highest BCUT2D eigenvalue weighted by molar-refractivity contribution is 7.86. The molecule has 2 heterocycles. The van der Waals surface area contributed by atoms with E-state index in [0.717, 1.165) is 44.9 Å². The molecule has 22 heavy (non-hydrogen) atoms. The van der Waals surface area contributed by atoms with E-state index < -0.39 is 10.8 Å². The summed E-state index contributed by atoms with van der Waals surface area (Å²) in [5.41, 5.74) is 0. The molecular formula is C19H32O2S. The summed E-state index contributed by atoms with van der Waals surface area (Å²) in [7, 11) is -0.628. The Morgan fingerprint density at radius 1 is 0.955 bits per heavy atom. The van der Waals surface area contributed by atoms with Gasteiger partial charge < -0.3 is 0 Å². The van der Waals surface area contributed by atoms with Crippen molar-refractivity contribution in [2.24, 2.45) is 5.92 Å². The van der Waals surface area contributed by atoms with Crippen LogP contribution in [0.2, 0.25) is 0 Å². The summed E-state index contributed by atoms with van der Waals surface area (Å²) < 4.78 is 12.0. The first-order chi connectivity index (χ1) is 10.7. The lowest BCUT2D eigenvalue weighted by Gasteiger charge is -2.26. The molecule has 2 aliphatic rings. The molecular weight excluding hydrogens is 292 g/mol. The minimum Gasteiger partial charge on any atom is -0.299 e. The smallest absolute Gasteiger partial charge is 0.136 e. The lowest BCUT2D eigenvalue weighted by atomic mass is 9.91. The van der Waals surface area contributed by atoms with Gasteiger partial charge in [-0.25, -0.2) is 0 Å². The highest BCUT2D eigenvalue weighted by Crippen LogP contribution is 2.39. The maximum Gasteiger partial charge on any atom is 0.136 e. The zero-order chi connectivity index (χ0) is 15.8. The Bertz CT molecular complexity index is 375. The maximum absolute atomic E-state index is 12.3. The van der Waals surface area contributed by atoms with Crippen LogP contribution in [0.5, 0.6) is 0 Å². The molecule has 3 heteroatoms. The van der Waals surface area contributed by atoms with Crippen LogP contribution in [-0.2, 0) is 15.6 Å². The van der Waals surface area contributed by atoms with Crippen molar-refractivity contribution in [1.82, 2.24) is 0 Å². The Morgan fingerprint density at radius 2 is 1.50 bits per heavy atom. The van der Waals surface area contributed by atoms with Crippen molar-refractivity contribution >= 4 is 16.6 Å². The second kappa shape index (κ2) is 9.64. The third kappa shape index (κ3) is 5.33. The number of hydrogen-bond acceptors (Lipinski definition) is 2. The first kappa shape index (κ1) is 17.9. The van der Waals surface area contributed by atoms with E-state index in [4.69, 9.17) is 0 Å². The number of carbonyl (C=O) groups excluding carboxylic acids is 1. The van der Waals surface area contributed by atoms with Crippen LogP contribution in [0.15, 0.2) is 12.7 Å². The summed E-state index contributed by atoms with van der Waals surface area (Å²) in [5, 5.41) is 0.673. The van der Waals surface area contributed by atoms with Gasteiger partial charge >= 0.3 is 0 Å². The molecule has 2 nitrogen and oxygen atoms in total. The lowest BCUT2D eigenvalue weighted by Crippen LogP contribution is -2.32. The number of unbranched alkanes of at least 4 members (excludes halogenated alkanes) is 7. The van der Waals surface area contributed by atoms with Crippen molar-refractivity contribution in [3.8, 4) is 0 Å². The third-order valence-corrected chi connectivity index (χ3v) is 7.52. The SMILES string of the molecule is C=CCCCCCCCCCC(=O)C1CC2CCC(C1)S2=O. The van der Waals surface area contributed by atoms with E-state index in [-0.39, 0.29) is 5.92 Å². The van der Waals surface area contributed by atoms with E-state index in [1.165, 1.54) is 38.5 Å². The molecule has 2 unspecified atom stereocenters. The van der Waals surface area contributed by atoms with Crippen LogP contribution in [0, 0.1) is 5.92 Å². The zero-order valence-electron chi connectivity index (χ0n) is 13.9. The molecule has 0 spiro atoms. The van der Waals surface area contributed by atoms with E-state index in [0.29, 0.717) is 16.3 Å². The molecule has 0 aromatic heterocycles. The fourth-order valence-corrected chi connectivity index (χ4v) is 6.10. The molecule has 0 aliphatic carbocycles. The molecule has 0 radical (unpaired) electrons. The number of carbonyl (C=O) groups is 1. The van der Waals surface area contributed by atoms with Crippen molar-refractivity contribution < 1.29 is 9.00 Å². The summed E-state index contributed by atoms with van der Waals surface area (Å²) in [6, 6.07) is 0.